The highest BCUT2D eigenvalue weighted by Gasteiger charge is 2.56. The van der Waals surface area contributed by atoms with Crippen LogP contribution in [0, 0.1) is 5.92 Å². The summed E-state index contributed by atoms with van der Waals surface area (Å²) in [6.07, 6.45) is 3.48. The molecule has 1 saturated heterocycles. The van der Waals surface area contributed by atoms with Crippen molar-refractivity contribution < 1.29 is 14.6 Å². The van der Waals surface area contributed by atoms with Crippen LogP contribution in [0.5, 0.6) is 17.2 Å². The summed E-state index contributed by atoms with van der Waals surface area (Å²) in [5, 5.41) is 11.5. The molecule has 3 atom stereocenters. The van der Waals surface area contributed by atoms with E-state index in [2.05, 4.69) is 36.2 Å². The minimum Gasteiger partial charge on any atom is -0.504 e. The van der Waals surface area contributed by atoms with E-state index < -0.39 is 0 Å². The van der Waals surface area contributed by atoms with E-state index >= 15 is 0 Å². The van der Waals surface area contributed by atoms with Gasteiger partial charge in [0.1, 0.15) is 5.75 Å². The summed E-state index contributed by atoms with van der Waals surface area (Å²) < 4.78 is 11.1. The quantitative estimate of drug-likeness (QED) is 0.387. The Morgan fingerprint density at radius 2 is 1.64 bits per heavy atom. The Kier molecular flexibility index (Phi) is 5.63. The average Bonchev–Trinajstić information content (AvgIpc) is 2.97. The summed E-state index contributed by atoms with van der Waals surface area (Å²) in [5.74, 6) is 1.98. The second kappa shape index (κ2) is 9.09. The Labute approximate surface area is 229 Å². The van der Waals surface area contributed by atoms with E-state index in [4.69, 9.17) is 19.4 Å². The first-order valence-corrected chi connectivity index (χ1v) is 13.7. The van der Waals surface area contributed by atoms with Crippen LogP contribution in [0.4, 0.5) is 0 Å². The Balaban J connectivity index is 1.44. The van der Waals surface area contributed by atoms with Crippen molar-refractivity contribution in [3.8, 4) is 39.8 Å². The molecule has 2 bridgehead atoms. The van der Waals surface area contributed by atoms with Gasteiger partial charge in [-0.15, -0.1) is 0 Å². The highest BCUT2D eigenvalue weighted by atomic mass is 16.5. The Morgan fingerprint density at radius 3 is 2.44 bits per heavy atom. The molecule has 198 valence electrons. The molecule has 39 heavy (non-hydrogen) atoms. The molecule has 1 aliphatic heterocycles. The van der Waals surface area contributed by atoms with E-state index in [1.807, 2.05) is 42.5 Å². The molecule has 6 heteroatoms. The number of fused-ring (bicyclic) bond motifs is 2. The van der Waals surface area contributed by atoms with Crippen LogP contribution in [0.3, 0.4) is 0 Å². The van der Waals surface area contributed by atoms with Gasteiger partial charge >= 0.3 is 0 Å². The van der Waals surface area contributed by atoms with Crippen molar-refractivity contribution in [3.63, 3.8) is 0 Å². The standard InChI is InChI=1S/C33H33N3O3/c1-36-15-14-33-19-26-25(18-24(33)27(36)17-21-12-13-28(39-3)32(37)29(21)33)34-30(20-8-5-4-6-9-20)31(35-26)22-10-7-11-23(16-22)38-2/h4-13,16,24,27,37H,14-15,17-19H2,1-3H3/t24-,27+,33-/m1/s1. The van der Waals surface area contributed by atoms with Crippen molar-refractivity contribution in [1.82, 2.24) is 14.9 Å². The lowest BCUT2D eigenvalue weighted by Crippen LogP contribution is -2.61. The van der Waals surface area contributed by atoms with E-state index in [0.717, 1.165) is 77.4 Å². The number of phenolic OH excluding ortho intramolecular Hbond substituents is 1. The Hall–Kier alpha value is -3.90. The largest absolute Gasteiger partial charge is 0.504 e. The predicted octanol–water partition coefficient (Wildman–Crippen LogP) is 5.45. The number of likely N-dealkylation sites (tertiary alicyclic amines) is 1. The highest BCUT2D eigenvalue weighted by Crippen LogP contribution is 2.57. The first-order valence-electron chi connectivity index (χ1n) is 13.7. The first-order chi connectivity index (χ1) is 19.0. The fourth-order valence-electron chi connectivity index (χ4n) is 7.47. The summed E-state index contributed by atoms with van der Waals surface area (Å²) in [6, 6.07) is 22.9. The van der Waals surface area contributed by atoms with Crippen molar-refractivity contribution in [2.75, 3.05) is 27.8 Å². The predicted molar refractivity (Wildman–Crippen MR) is 151 cm³/mol. The van der Waals surface area contributed by atoms with Crippen molar-refractivity contribution in [3.05, 3.63) is 89.2 Å². The number of hydrogen-bond acceptors (Lipinski definition) is 6. The normalized spacial score (nSPS) is 23.4. The lowest BCUT2D eigenvalue weighted by Gasteiger charge is -2.58. The summed E-state index contributed by atoms with van der Waals surface area (Å²) >= 11 is 0. The fraction of sp³-hybridized carbons (Fsp3) is 0.333. The van der Waals surface area contributed by atoms with Crippen molar-refractivity contribution in [2.45, 2.75) is 37.1 Å². The topological polar surface area (TPSA) is 67.7 Å². The zero-order valence-corrected chi connectivity index (χ0v) is 22.6. The van der Waals surface area contributed by atoms with Gasteiger partial charge in [0.05, 0.1) is 37.0 Å². The SMILES string of the molecule is COc1cccc(-c2nc3c(nc2-c2ccccc2)C[C@@H]2[C@@H]4Cc5ccc(OC)c(O)c5[C@]2(CCN4C)C3)c1. The van der Waals surface area contributed by atoms with Gasteiger partial charge in [-0.3, -0.25) is 0 Å². The molecule has 0 amide bonds. The van der Waals surface area contributed by atoms with Gasteiger partial charge in [-0.1, -0.05) is 48.5 Å². The Bertz CT molecular complexity index is 1570. The summed E-state index contributed by atoms with van der Waals surface area (Å²) in [7, 11) is 5.56. The van der Waals surface area contributed by atoms with E-state index in [1.54, 1.807) is 14.2 Å². The molecule has 2 aliphatic carbocycles. The minimum atomic E-state index is -0.203. The molecule has 2 heterocycles. The summed E-state index contributed by atoms with van der Waals surface area (Å²) in [5.41, 5.74) is 8.00. The zero-order valence-electron chi connectivity index (χ0n) is 22.6. The van der Waals surface area contributed by atoms with Crippen molar-refractivity contribution >= 4 is 0 Å². The monoisotopic (exact) mass is 519 g/mol. The van der Waals surface area contributed by atoms with Gasteiger partial charge in [-0.05, 0) is 62.5 Å². The third-order valence-electron chi connectivity index (χ3n) is 9.36. The maximum atomic E-state index is 11.5. The maximum absolute atomic E-state index is 11.5. The van der Waals surface area contributed by atoms with Crippen LogP contribution in [-0.4, -0.2) is 53.8 Å². The number of nitrogens with zero attached hydrogens (tertiary/aromatic N) is 3. The van der Waals surface area contributed by atoms with Gasteiger partial charge in [0.15, 0.2) is 11.5 Å². The van der Waals surface area contributed by atoms with Gasteiger partial charge in [0.25, 0.3) is 0 Å². The lowest BCUT2D eigenvalue weighted by atomic mass is 9.52. The third-order valence-corrected chi connectivity index (χ3v) is 9.36. The molecule has 1 N–H and O–H groups in total. The number of rotatable bonds is 4. The van der Waals surface area contributed by atoms with Crippen LogP contribution < -0.4 is 9.47 Å². The number of methoxy groups -OCH3 is 2. The number of likely N-dealkylation sites (N-methyl/N-ethyl adjacent to an activating group) is 1. The van der Waals surface area contributed by atoms with Gasteiger partial charge in [-0.25, -0.2) is 9.97 Å². The second-order valence-corrected chi connectivity index (χ2v) is 11.2. The highest BCUT2D eigenvalue weighted by molar-refractivity contribution is 5.79. The minimum absolute atomic E-state index is 0.203. The third kappa shape index (κ3) is 3.65. The van der Waals surface area contributed by atoms with Crippen LogP contribution in [0.25, 0.3) is 22.5 Å². The van der Waals surface area contributed by atoms with E-state index in [-0.39, 0.29) is 5.41 Å². The molecule has 3 aliphatic rings. The summed E-state index contributed by atoms with van der Waals surface area (Å²) in [6.45, 7) is 0.991. The van der Waals surface area contributed by atoms with Crippen molar-refractivity contribution in [2.24, 2.45) is 5.92 Å². The van der Waals surface area contributed by atoms with Crippen LogP contribution in [0.15, 0.2) is 66.7 Å². The van der Waals surface area contributed by atoms with Crippen LogP contribution in [-0.2, 0) is 24.7 Å². The van der Waals surface area contributed by atoms with Crippen LogP contribution in [0.2, 0.25) is 0 Å². The molecule has 6 nitrogen and oxygen atoms in total. The molecule has 7 rings (SSSR count). The number of benzene rings is 3. The molecule has 3 aromatic carbocycles. The van der Waals surface area contributed by atoms with Crippen molar-refractivity contribution in [1.29, 1.82) is 0 Å². The molecule has 1 aromatic heterocycles. The molecule has 1 fully saturated rings. The second-order valence-electron chi connectivity index (χ2n) is 11.2. The van der Waals surface area contributed by atoms with E-state index in [9.17, 15) is 5.11 Å². The molecule has 4 aromatic rings. The number of aromatic hydroxyl groups is 1. The van der Waals surface area contributed by atoms with Gasteiger partial charge in [-0.2, -0.15) is 0 Å². The molecule has 0 saturated carbocycles. The molecular formula is C33H33N3O3. The fourth-order valence-corrected chi connectivity index (χ4v) is 7.47. The van der Waals surface area contributed by atoms with E-state index in [1.165, 1.54) is 5.56 Å². The van der Waals surface area contributed by atoms with Gasteiger partial charge < -0.3 is 19.5 Å². The average molecular weight is 520 g/mol. The van der Waals surface area contributed by atoms with Gasteiger partial charge in [0, 0.05) is 34.6 Å². The maximum Gasteiger partial charge on any atom is 0.161 e. The molecule has 0 spiro atoms. The first kappa shape index (κ1) is 24.2. The number of hydrogen-bond donors (Lipinski definition) is 1. The summed E-state index contributed by atoms with van der Waals surface area (Å²) in [4.78, 5) is 13.3. The lowest BCUT2D eigenvalue weighted by molar-refractivity contribution is 0.0210. The van der Waals surface area contributed by atoms with Crippen LogP contribution >= 0.6 is 0 Å². The number of aromatic nitrogens is 2. The number of phenols is 1. The molecule has 0 unspecified atom stereocenters. The molecular weight excluding hydrogens is 486 g/mol. The number of ether oxygens (including phenoxy) is 2. The zero-order chi connectivity index (χ0) is 26.7. The Morgan fingerprint density at radius 1 is 0.872 bits per heavy atom. The number of piperidine rings is 1. The smallest absolute Gasteiger partial charge is 0.161 e. The van der Waals surface area contributed by atoms with E-state index in [0.29, 0.717) is 23.5 Å². The molecule has 0 radical (unpaired) electrons. The van der Waals surface area contributed by atoms with Gasteiger partial charge in [0.2, 0.25) is 0 Å². The van der Waals surface area contributed by atoms with Crippen LogP contribution in [0.1, 0.15) is 28.9 Å².